The van der Waals surface area contributed by atoms with Gasteiger partial charge in [-0.25, -0.2) is 13.1 Å². The molecule has 11 heteroatoms. The molecular formula is C50H68N2O8S. The third kappa shape index (κ3) is 14.8. The van der Waals surface area contributed by atoms with Gasteiger partial charge in [-0.3, -0.25) is 0 Å². The Morgan fingerprint density at radius 1 is 0.672 bits per heavy atom. The summed E-state index contributed by atoms with van der Waals surface area (Å²) >= 11 is 0. The van der Waals surface area contributed by atoms with Crippen LogP contribution in [0.25, 0.3) is 0 Å². The van der Waals surface area contributed by atoms with E-state index in [2.05, 4.69) is 17.0 Å². The van der Waals surface area contributed by atoms with Crippen molar-refractivity contribution in [3.63, 3.8) is 0 Å². The number of rotatable bonds is 26. The van der Waals surface area contributed by atoms with Gasteiger partial charge < -0.3 is 33.7 Å². The first-order chi connectivity index (χ1) is 29.7. The molecule has 0 saturated carbocycles. The zero-order valence-electron chi connectivity index (χ0n) is 36.4. The largest absolute Gasteiger partial charge is 0.368 e. The topological polar surface area (TPSA) is 114 Å². The van der Waals surface area contributed by atoms with Crippen LogP contribution in [-0.2, 0) is 51.7 Å². The first-order valence-corrected chi connectivity index (χ1v) is 23.9. The maximum Gasteiger partial charge on any atom is 0.241 e. The Morgan fingerprint density at radius 2 is 1.23 bits per heavy atom. The summed E-state index contributed by atoms with van der Waals surface area (Å²) in [5.41, 5.74) is 2.79. The van der Waals surface area contributed by atoms with Crippen LogP contribution in [0.1, 0.15) is 107 Å². The van der Waals surface area contributed by atoms with E-state index in [0.717, 1.165) is 41.6 Å². The molecule has 2 N–H and O–H groups in total. The highest BCUT2D eigenvalue weighted by Crippen LogP contribution is 2.37. The smallest absolute Gasteiger partial charge is 0.241 e. The van der Waals surface area contributed by atoms with E-state index in [9.17, 15) is 8.42 Å². The van der Waals surface area contributed by atoms with E-state index in [1.54, 1.807) is 24.3 Å². The van der Waals surface area contributed by atoms with Crippen LogP contribution in [0, 0.1) is 6.92 Å². The fourth-order valence-corrected chi connectivity index (χ4v) is 9.34. The molecule has 1 unspecified atom stereocenters. The molecule has 4 aromatic rings. The summed E-state index contributed by atoms with van der Waals surface area (Å²) in [5, 5.41) is 3.55. The van der Waals surface area contributed by atoms with Crippen LogP contribution < -0.4 is 10.0 Å². The molecule has 0 amide bonds. The molecule has 332 valence electrons. The standard InChI is InChI=1S/C50H68N2O8S/c1-4-5-6-7-8-9-10-11-12-22-33-51-37-50(3,52-61(53,54)43-31-29-39(2)30-32-43)38-58-49-47(56-35-41-25-18-14-19-26-41)46(55-34-40-23-16-13-17-24-40)45-44(59-49)36-57-48(60-45)42-27-20-15-21-28-42/h13-21,23-32,44-49,51-52H,4-12,22,33-38H2,1-3H3/t44-,45+,46+,47-,48+,49-,50?/m1/s1. The van der Waals surface area contributed by atoms with Gasteiger partial charge in [0.05, 0.1) is 36.9 Å². The lowest BCUT2D eigenvalue weighted by Gasteiger charge is -2.49. The van der Waals surface area contributed by atoms with Crippen LogP contribution in [0.2, 0.25) is 0 Å². The number of unbranched alkanes of at least 4 members (excludes halogenated alkanes) is 9. The van der Waals surface area contributed by atoms with Gasteiger partial charge in [0.1, 0.15) is 24.4 Å². The molecule has 10 nitrogen and oxygen atoms in total. The van der Waals surface area contributed by atoms with Gasteiger partial charge in [0.2, 0.25) is 10.0 Å². The molecule has 2 heterocycles. The fraction of sp³-hybridized carbons (Fsp3) is 0.520. The summed E-state index contributed by atoms with van der Waals surface area (Å²) in [6, 6.07) is 36.7. The lowest BCUT2D eigenvalue weighted by molar-refractivity contribution is -0.373. The summed E-state index contributed by atoms with van der Waals surface area (Å²) < 4.78 is 70.9. The van der Waals surface area contributed by atoms with E-state index in [4.69, 9.17) is 28.4 Å². The maximum atomic E-state index is 14.0. The lowest BCUT2D eigenvalue weighted by Crippen LogP contribution is -2.64. The zero-order chi connectivity index (χ0) is 42.8. The third-order valence-electron chi connectivity index (χ3n) is 11.4. The molecule has 4 aromatic carbocycles. The average molecular weight is 857 g/mol. The molecule has 6 rings (SSSR count). The summed E-state index contributed by atoms with van der Waals surface area (Å²) in [6.45, 7) is 7.96. The Morgan fingerprint density at radius 3 is 1.84 bits per heavy atom. The molecule has 2 aliphatic heterocycles. The van der Waals surface area contributed by atoms with Crippen molar-refractivity contribution in [3.05, 3.63) is 138 Å². The monoisotopic (exact) mass is 856 g/mol. The Balaban J connectivity index is 1.19. The van der Waals surface area contributed by atoms with Crippen LogP contribution in [0.15, 0.2) is 120 Å². The Kier molecular flexibility index (Phi) is 18.8. The van der Waals surface area contributed by atoms with Gasteiger partial charge in [0, 0.05) is 12.1 Å². The highest BCUT2D eigenvalue weighted by molar-refractivity contribution is 7.89. The maximum absolute atomic E-state index is 14.0. The number of ether oxygens (including phenoxy) is 6. The van der Waals surface area contributed by atoms with Gasteiger partial charge in [0.25, 0.3) is 0 Å². The molecule has 0 aliphatic carbocycles. The first kappa shape index (κ1) is 47.0. The molecule has 0 bridgehead atoms. The molecule has 2 fully saturated rings. The normalized spacial score (nSPS) is 22.7. The van der Waals surface area contributed by atoms with Crippen LogP contribution in [-0.4, -0.2) is 71.0 Å². The summed E-state index contributed by atoms with van der Waals surface area (Å²) in [5.74, 6) is 0. The molecule has 0 radical (unpaired) electrons. The number of hydrogen-bond donors (Lipinski definition) is 2. The van der Waals surface area contributed by atoms with Crippen molar-refractivity contribution in [2.75, 3.05) is 26.3 Å². The van der Waals surface area contributed by atoms with Crippen LogP contribution in [0.4, 0.5) is 0 Å². The van der Waals surface area contributed by atoms with Crippen molar-refractivity contribution in [1.82, 2.24) is 10.0 Å². The van der Waals surface area contributed by atoms with Gasteiger partial charge >= 0.3 is 0 Å². The van der Waals surface area contributed by atoms with Gasteiger partial charge in [0.15, 0.2) is 12.6 Å². The number of nitrogens with one attached hydrogen (secondary N) is 2. The predicted octanol–water partition coefficient (Wildman–Crippen LogP) is 9.57. The summed E-state index contributed by atoms with van der Waals surface area (Å²) in [4.78, 5) is 0.193. The van der Waals surface area contributed by atoms with Crippen molar-refractivity contribution in [2.45, 2.75) is 146 Å². The third-order valence-corrected chi connectivity index (χ3v) is 13.1. The average Bonchev–Trinajstić information content (AvgIpc) is 3.28. The van der Waals surface area contributed by atoms with Crippen molar-refractivity contribution < 1.29 is 36.8 Å². The second-order valence-electron chi connectivity index (χ2n) is 16.9. The predicted molar refractivity (Wildman–Crippen MR) is 239 cm³/mol. The second-order valence-corrected chi connectivity index (χ2v) is 18.6. The number of sulfonamides is 1. The van der Waals surface area contributed by atoms with Crippen LogP contribution in [0.5, 0.6) is 0 Å². The Hall–Kier alpha value is -3.49. The molecule has 2 saturated heterocycles. The number of benzene rings is 4. The summed E-state index contributed by atoms with van der Waals surface area (Å²) in [7, 11) is -3.92. The highest BCUT2D eigenvalue weighted by atomic mass is 32.2. The first-order valence-electron chi connectivity index (χ1n) is 22.4. The number of hydrogen-bond acceptors (Lipinski definition) is 9. The van der Waals surface area contributed by atoms with E-state index < -0.39 is 52.6 Å². The minimum absolute atomic E-state index is 0.0177. The fourth-order valence-electron chi connectivity index (χ4n) is 7.94. The SMILES string of the molecule is CCCCCCCCCCCCNCC(C)(CO[C@@H]1O[C@@H]2CO[C@H](c3ccccc3)O[C@@H]2[C@H](OCc2ccccc2)[C@H]1OCc1ccccc1)NS(=O)(=O)c1ccc(C)cc1. The molecule has 7 atom stereocenters. The van der Waals surface area contributed by atoms with Crippen molar-refractivity contribution in [2.24, 2.45) is 0 Å². The molecule has 61 heavy (non-hydrogen) atoms. The van der Waals surface area contributed by atoms with Gasteiger partial charge in [-0.05, 0) is 50.1 Å². The number of fused-ring (bicyclic) bond motifs is 1. The minimum Gasteiger partial charge on any atom is -0.368 e. The second kappa shape index (κ2) is 24.4. The highest BCUT2D eigenvalue weighted by Gasteiger charge is 2.52. The quantitative estimate of drug-likeness (QED) is 0.0597. The molecule has 0 aromatic heterocycles. The minimum atomic E-state index is -3.92. The zero-order valence-corrected chi connectivity index (χ0v) is 37.2. The van der Waals surface area contributed by atoms with E-state index in [1.807, 2.05) is 105 Å². The Bertz CT molecular complexity index is 1920. The van der Waals surface area contributed by atoms with E-state index in [1.165, 1.54) is 51.4 Å². The van der Waals surface area contributed by atoms with Gasteiger partial charge in [-0.1, -0.05) is 173 Å². The summed E-state index contributed by atoms with van der Waals surface area (Å²) in [6.07, 6.45) is 8.41. The number of aryl methyl sites for hydroxylation is 1. The van der Waals surface area contributed by atoms with Crippen LogP contribution >= 0.6 is 0 Å². The van der Waals surface area contributed by atoms with E-state index in [-0.39, 0.29) is 24.7 Å². The molecule has 0 spiro atoms. The van der Waals surface area contributed by atoms with E-state index >= 15 is 0 Å². The molecule has 2 aliphatic rings. The molecular weight excluding hydrogens is 789 g/mol. The van der Waals surface area contributed by atoms with Crippen LogP contribution in [0.3, 0.4) is 0 Å². The van der Waals surface area contributed by atoms with E-state index in [0.29, 0.717) is 13.2 Å². The van der Waals surface area contributed by atoms with Crippen molar-refractivity contribution >= 4 is 10.0 Å². The Labute approximate surface area is 365 Å². The van der Waals surface area contributed by atoms with Crippen molar-refractivity contribution in [1.29, 1.82) is 0 Å². The van der Waals surface area contributed by atoms with Gasteiger partial charge in [-0.15, -0.1) is 0 Å². The van der Waals surface area contributed by atoms with Gasteiger partial charge in [-0.2, -0.15) is 0 Å². The van der Waals surface area contributed by atoms with Crippen molar-refractivity contribution in [3.8, 4) is 0 Å². The lowest BCUT2D eigenvalue weighted by atomic mass is 9.96.